The van der Waals surface area contributed by atoms with Crippen LogP contribution >= 0.6 is 0 Å². The molecule has 1 radical (unpaired) electrons. The van der Waals surface area contributed by atoms with E-state index in [4.69, 9.17) is 5.11 Å². The number of carboxylic acids is 1. The summed E-state index contributed by atoms with van der Waals surface area (Å²) in [7, 11) is 0. The summed E-state index contributed by atoms with van der Waals surface area (Å²) in [6.07, 6.45) is 2.08. The van der Waals surface area contributed by atoms with Gasteiger partial charge in [0.15, 0.2) is 0 Å². The van der Waals surface area contributed by atoms with Gasteiger partial charge < -0.3 is 5.11 Å². The van der Waals surface area contributed by atoms with Crippen molar-refractivity contribution in [3.8, 4) is 0 Å². The van der Waals surface area contributed by atoms with Crippen LogP contribution in [0.15, 0.2) is 0 Å². The standard InChI is InChI=1S/C5H10O2.Mn/c1-2-3-4-5(6)7;/h2-4H2,1H3,(H,6,7);. The van der Waals surface area contributed by atoms with Crippen LogP contribution in [0, 0.1) is 0 Å². The molecule has 0 aromatic carbocycles. The molecule has 0 aromatic rings. The average molecular weight is 157 g/mol. The Bertz CT molecular complexity index is 63.4. The number of hydrogen-bond acceptors (Lipinski definition) is 1. The van der Waals surface area contributed by atoms with Gasteiger partial charge in [-0.25, -0.2) is 0 Å². The number of hydrogen-bond donors (Lipinski definition) is 1. The van der Waals surface area contributed by atoms with E-state index in [0.29, 0.717) is 6.42 Å². The van der Waals surface area contributed by atoms with Gasteiger partial charge in [-0.3, -0.25) is 4.79 Å². The Morgan fingerprint density at radius 3 is 2.25 bits per heavy atom. The van der Waals surface area contributed by atoms with Crippen molar-refractivity contribution >= 4 is 5.97 Å². The monoisotopic (exact) mass is 157 g/mol. The molecular formula is C5H10MnO2. The molecular weight excluding hydrogens is 147 g/mol. The normalized spacial score (nSPS) is 7.62. The maximum Gasteiger partial charge on any atom is 0.303 e. The first kappa shape index (κ1) is 10.9. The van der Waals surface area contributed by atoms with E-state index in [0.717, 1.165) is 12.8 Å². The molecule has 49 valence electrons. The van der Waals surface area contributed by atoms with Gasteiger partial charge in [-0.1, -0.05) is 13.3 Å². The minimum atomic E-state index is -0.693. The summed E-state index contributed by atoms with van der Waals surface area (Å²) in [4.78, 5) is 9.76. The summed E-state index contributed by atoms with van der Waals surface area (Å²) < 4.78 is 0. The largest absolute Gasteiger partial charge is 0.481 e. The van der Waals surface area contributed by atoms with Crippen molar-refractivity contribution in [3.63, 3.8) is 0 Å². The number of carboxylic acid groups (broad SMARTS) is 1. The second kappa shape index (κ2) is 6.99. The van der Waals surface area contributed by atoms with Crippen molar-refractivity contribution in [2.24, 2.45) is 0 Å². The Hall–Kier alpha value is -0.0105. The zero-order chi connectivity index (χ0) is 5.70. The molecule has 0 unspecified atom stereocenters. The fourth-order valence-corrected chi connectivity index (χ4v) is 0.328. The fraction of sp³-hybridized carbons (Fsp3) is 0.800. The SMILES string of the molecule is CCCCC(=O)O.[Mn]. The molecule has 0 spiro atoms. The molecule has 2 nitrogen and oxygen atoms in total. The molecule has 0 aromatic heterocycles. The van der Waals surface area contributed by atoms with Crippen molar-refractivity contribution < 1.29 is 27.0 Å². The van der Waals surface area contributed by atoms with E-state index < -0.39 is 5.97 Å². The van der Waals surface area contributed by atoms with E-state index in [2.05, 4.69) is 0 Å². The van der Waals surface area contributed by atoms with Gasteiger partial charge in [-0.2, -0.15) is 0 Å². The van der Waals surface area contributed by atoms with Gasteiger partial charge in [0.25, 0.3) is 0 Å². The summed E-state index contributed by atoms with van der Waals surface area (Å²) in [6, 6.07) is 0. The molecule has 0 heterocycles. The van der Waals surface area contributed by atoms with Crippen molar-refractivity contribution in [2.75, 3.05) is 0 Å². The van der Waals surface area contributed by atoms with E-state index in [-0.39, 0.29) is 17.1 Å². The van der Waals surface area contributed by atoms with E-state index in [1.54, 1.807) is 0 Å². The number of carbonyl (C=O) groups is 1. The summed E-state index contributed by atoms with van der Waals surface area (Å²) in [5.74, 6) is -0.693. The van der Waals surface area contributed by atoms with Crippen LogP contribution in [0.5, 0.6) is 0 Å². The van der Waals surface area contributed by atoms with Crippen molar-refractivity contribution in [2.45, 2.75) is 26.2 Å². The molecule has 0 aliphatic rings. The van der Waals surface area contributed by atoms with Gasteiger partial charge in [0.05, 0.1) is 0 Å². The summed E-state index contributed by atoms with van der Waals surface area (Å²) >= 11 is 0. The number of unbranched alkanes of at least 4 members (excludes halogenated alkanes) is 1. The third-order valence-electron chi connectivity index (χ3n) is 0.744. The molecule has 3 heteroatoms. The van der Waals surface area contributed by atoms with Crippen LogP contribution < -0.4 is 0 Å². The molecule has 0 aliphatic carbocycles. The number of aliphatic carboxylic acids is 1. The zero-order valence-electron chi connectivity index (χ0n) is 4.85. The Kier molecular flexibility index (Phi) is 9.51. The van der Waals surface area contributed by atoms with Crippen molar-refractivity contribution in [3.05, 3.63) is 0 Å². The maximum absolute atomic E-state index is 9.76. The van der Waals surface area contributed by atoms with Crippen molar-refractivity contribution in [1.82, 2.24) is 0 Å². The van der Waals surface area contributed by atoms with Gasteiger partial charge >= 0.3 is 5.97 Å². The van der Waals surface area contributed by atoms with Gasteiger partial charge in [-0.15, -0.1) is 0 Å². The van der Waals surface area contributed by atoms with Crippen LogP contribution in [-0.4, -0.2) is 11.1 Å². The molecule has 0 fully saturated rings. The van der Waals surface area contributed by atoms with Crippen LogP contribution in [-0.2, 0) is 21.9 Å². The maximum atomic E-state index is 9.76. The molecule has 0 aliphatic heterocycles. The van der Waals surface area contributed by atoms with Crippen LogP contribution in [0.4, 0.5) is 0 Å². The second-order valence-corrected chi connectivity index (χ2v) is 1.50. The third kappa shape index (κ3) is 9.37. The first-order chi connectivity index (χ1) is 3.27. The van der Waals surface area contributed by atoms with Crippen LogP contribution in [0.25, 0.3) is 0 Å². The molecule has 0 amide bonds. The predicted molar refractivity (Wildman–Crippen MR) is 27.2 cm³/mol. The van der Waals surface area contributed by atoms with Crippen LogP contribution in [0.2, 0.25) is 0 Å². The van der Waals surface area contributed by atoms with E-state index >= 15 is 0 Å². The quantitative estimate of drug-likeness (QED) is 0.626. The molecule has 1 N–H and O–H groups in total. The molecule has 0 saturated carbocycles. The first-order valence-corrected chi connectivity index (χ1v) is 2.49. The smallest absolute Gasteiger partial charge is 0.303 e. The fourth-order valence-electron chi connectivity index (χ4n) is 0.328. The third-order valence-corrected chi connectivity index (χ3v) is 0.744. The zero-order valence-corrected chi connectivity index (χ0v) is 6.04. The predicted octanol–water partition coefficient (Wildman–Crippen LogP) is 1.26. The molecule has 0 atom stereocenters. The van der Waals surface area contributed by atoms with Gasteiger partial charge in [0.1, 0.15) is 0 Å². The summed E-state index contributed by atoms with van der Waals surface area (Å²) in [5, 5.41) is 8.04. The Balaban J connectivity index is 0. The number of rotatable bonds is 3. The first-order valence-electron chi connectivity index (χ1n) is 2.49. The van der Waals surface area contributed by atoms with Crippen LogP contribution in [0.1, 0.15) is 26.2 Å². The van der Waals surface area contributed by atoms with E-state index in [9.17, 15) is 4.79 Å². The van der Waals surface area contributed by atoms with Gasteiger partial charge in [-0.05, 0) is 6.42 Å². The molecule has 0 bridgehead atoms. The second-order valence-electron chi connectivity index (χ2n) is 1.50. The average Bonchev–Trinajstić information content (AvgIpc) is 1.61. The minimum Gasteiger partial charge on any atom is -0.481 e. The van der Waals surface area contributed by atoms with E-state index in [1.807, 2.05) is 6.92 Å². The molecule has 0 saturated heterocycles. The van der Waals surface area contributed by atoms with Crippen molar-refractivity contribution in [1.29, 1.82) is 0 Å². The molecule has 8 heavy (non-hydrogen) atoms. The van der Waals surface area contributed by atoms with Gasteiger partial charge in [0.2, 0.25) is 0 Å². The molecule has 0 rings (SSSR count). The Morgan fingerprint density at radius 1 is 1.62 bits per heavy atom. The Labute approximate surface area is 59.8 Å². The topological polar surface area (TPSA) is 37.3 Å². The van der Waals surface area contributed by atoms with E-state index in [1.165, 1.54) is 0 Å². The minimum absolute atomic E-state index is 0. The summed E-state index contributed by atoms with van der Waals surface area (Å²) in [6.45, 7) is 1.98. The van der Waals surface area contributed by atoms with Gasteiger partial charge in [0, 0.05) is 23.5 Å². The Morgan fingerprint density at radius 2 is 2.12 bits per heavy atom. The summed E-state index contributed by atoms with van der Waals surface area (Å²) in [5.41, 5.74) is 0. The van der Waals surface area contributed by atoms with Crippen LogP contribution in [0.3, 0.4) is 0 Å².